The van der Waals surface area contributed by atoms with Gasteiger partial charge in [0.25, 0.3) is 0 Å². The monoisotopic (exact) mass is 451 g/mol. The highest BCUT2D eigenvalue weighted by atomic mass is 79.9. The largest absolute Gasteiger partial charge is 0.320 e. The number of nitrogens with zero attached hydrogens (tertiary/aromatic N) is 3. The minimum Gasteiger partial charge on any atom is -0.320 e. The smallest absolute Gasteiger partial charge is 0.242 e. The van der Waals surface area contributed by atoms with Crippen molar-refractivity contribution in [2.75, 3.05) is 14.1 Å². The van der Waals surface area contributed by atoms with Gasteiger partial charge >= 0.3 is 0 Å². The van der Waals surface area contributed by atoms with Crippen LogP contribution in [0.1, 0.15) is 0 Å². The summed E-state index contributed by atoms with van der Waals surface area (Å²) in [5.74, 6) is 0. The fourth-order valence-corrected chi connectivity index (χ4v) is 4.69. The first-order valence-corrected chi connectivity index (χ1v) is 10.9. The normalized spacial score (nSPS) is 12.7. The van der Waals surface area contributed by atoms with Gasteiger partial charge in [-0.2, -0.15) is 0 Å². The van der Waals surface area contributed by atoms with Crippen LogP contribution in [-0.4, -0.2) is 31.4 Å². The molecular weight excluding hydrogens is 434 g/mol. The predicted octanol–water partition coefficient (Wildman–Crippen LogP) is 4.00. The quantitative estimate of drug-likeness (QED) is 0.601. The maximum absolute atomic E-state index is 12.4. The molecule has 26 heavy (non-hydrogen) atoms. The Morgan fingerprint density at radius 3 is 2.46 bits per heavy atom. The number of sulfonamides is 1. The molecule has 5 nitrogen and oxygen atoms in total. The van der Waals surface area contributed by atoms with Crippen LogP contribution in [0.25, 0.3) is 11.3 Å². The molecule has 0 radical (unpaired) electrons. The number of hydrogen-bond donors (Lipinski definition) is 0. The molecule has 0 amide bonds. The van der Waals surface area contributed by atoms with Crippen molar-refractivity contribution in [2.24, 2.45) is 12.0 Å². The summed E-state index contributed by atoms with van der Waals surface area (Å²) in [6.07, 6.45) is 0. The maximum Gasteiger partial charge on any atom is 0.242 e. The van der Waals surface area contributed by atoms with E-state index in [2.05, 4.69) is 20.9 Å². The average Bonchev–Trinajstić information content (AvgIpc) is 2.96. The Kier molecular flexibility index (Phi) is 5.47. The lowest BCUT2D eigenvalue weighted by molar-refractivity contribution is 0.521. The van der Waals surface area contributed by atoms with Crippen LogP contribution in [0, 0.1) is 0 Å². The molecule has 0 bridgehead atoms. The van der Waals surface area contributed by atoms with Crippen LogP contribution in [0.3, 0.4) is 0 Å². The minimum absolute atomic E-state index is 0.258. The lowest BCUT2D eigenvalue weighted by Crippen LogP contribution is -2.22. The zero-order chi connectivity index (χ0) is 18.9. The SMILES string of the molecule is CN(C)S(=O)(=O)c1ccc(Br)c(-c2cs/c(=N/c3ccccc3)n2C)c1. The zero-order valence-electron chi connectivity index (χ0n) is 14.5. The third kappa shape index (κ3) is 3.68. The molecule has 0 atom stereocenters. The number of para-hydroxylation sites is 1. The van der Waals surface area contributed by atoms with Gasteiger partial charge < -0.3 is 4.57 Å². The summed E-state index contributed by atoms with van der Waals surface area (Å²) in [6, 6.07) is 14.8. The Morgan fingerprint density at radius 2 is 1.81 bits per heavy atom. The summed E-state index contributed by atoms with van der Waals surface area (Å²) in [4.78, 5) is 5.75. The number of hydrogen-bond acceptors (Lipinski definition) is 4. The summed E-state index contributed by atoms with van der Waals surface area (Å²) in [5.41, 5.74) is 2.58. The van der Waals surface area contributed by atoms with Gasteiger partial charge in [-0.1, -0.05) is 34.1 Å². The number of benzene rings is 2. The van der Waals surface area contributed by atoms with Gasteiger partial charge in [0.15, 0.2) is 4.80 Å². The molecule has 3 rings (SSSR count). The van der Waals surface area contributed by atoms with Crippen LogP contribution in [-0.2, 0) is 17.1 Å². The number of halogens is 1. The van der Waals surface area contributed by atoms with Crippen molar-refractivity contribution in [3.05, 3.63) is 63.2 Å². The predicted molar refractivity (Wildman–Crippen MR) is 109 cm³/mol. The van der Waals surface area contributed by atoms with Crippen molar-refractivity contribution in [1.29, 1.82) is 0 Å². The highest BCUT2D eigenvalue weighted by Crippen LogP contribution is 2.31. The fourth-order valence-electron chi connectivity index (χ4n) is 2.40. The standard InChI is InChI=1S/C18H18BrN3O2S2/c1-21(2)26(23,24)14-9-10-16(19)15(11-14)17-12-25-18(22(17)3)20-13-7-5-4-6-8-13/h4-12H,1-3H3/b20-18+. The molecule has 0 aliphatic carbocycles. The summed E-state index contributed by atoms with van der Waals surface area (Å²) in [5, 5.41) is 1.98. The van der Waals surface area contributed by atoms with E-state index in [1.165, 1.54) is 29.7 Å². The third-order valence-electron chi connectivity index (χ3n) is 3.90. The van der Waals surface area contributed by atoms with Gasteiger partial charge in [-0.3, -0.25) is 0 Å². The molecule has 0 N–H and O–H groups in total. The van der Waals surface area contributed by atoms with Crippen molar-refractivity contribution in [2.45, 2.75) is 4.90 Å². The van der Waals surface area contributed by atoms with E-state index in [1.54, 1.807) is 18.2 Å². The second-order valence-electron chi connectivity index (χ2n) is 5.84. The number of aromatic nitrogens is 1. The van der Waals surface area contributed by atoms with Crippen LogP contribution in [0.2, 0.25) is 0 Å². The molecule has 0 fully saturated rings. The highest BCUT2D eigenvalue weighted by Gasteiger charge is 2.19. The summed E-state index contributed by atoms with van der Waals surface area (Å²) in [7, 11) is 1.48. The van der Waals surface area contributed by atoms with Gasteiger partial charge in [-0.15, -0.1) is 11.3 Å². The molecule has 0 aliphatic heterocycles. The van der Waals surface area contributed by atoms with E-state index in [1.807, 2.05) is 47.3 Å². The first kappa shape index (κ1) is 19.0. The molecule has 136 valence electrons. The van der Waals surface area contributed by atoms with Crippen molar-refractivity contribution in [3.63, 3.8) is 0 Å². The molecule has 1 aromatic heterocycles. The molecular formula is C18H18BrN3O2S2. The second kappa shape index (κ2) is 7.48. The van der Waals surface area contributed by atoms with E-state index in [0.29, 0.717) is 0 Å². The van der Waals surface area contributed by atoms with E-state index in [0.717, 1.165) is 26.2 Å². The lowest BCUT2D eigenvalue weighted by atomic mass is 10.2. The van der Waals surface area contributed by atoms with Crippen molar-refractivity contribution < 1.29 is 8.42 Å². The molecule has 0 aliphatic rings. The molecule has 0 unspecified atom stereocenters. The molecule has 8 heteroatoms. The second-order valence-corrected chi connectivity index (χ2v) is 9.68. The zero-order valence-corrected chi connectivity index (χ0v) is 17.8. The van der Waals surface area contributed by atoms with Crippen LogP contribution in [0.15, 0.2) is 68.3 Å². The third-order valence-corrected chi connectivity index (χ3v) is 7.32. The summed E-state index contributed by atoms with van der Waals surface area (Å²) >= 11 is 5.04. The Labute approximate surface area is 165 Å². The summed E-state index contributed by atoms with van der Waals surface area (Å²) < 4.78 is 28.9. The van der Waals surface area contributed by atoms with E-state index in [-0.39, 0.29) is 4.90 Å². The maximum atomic E-state index is 12.4. The van der Waals surface area contributed by atoms with E-state index >= 15 is 0 Å². The Balaban J connectivity index is 2.13. The fraction of sp³-hybridized carbons (Fsp3) is 0.167. The van der Waals surface area contributed by atoms with Crippen molar-refractivity contribution in [3.8, 4) is 11.3 Å². The Morgan fingerprint density at radius 1 is 1.12 bits per heavy atom. The van der Waals surface area contributed by atoms with Crippen LogP contribution >= 0.6 is 27.3 Å². The van der Waals surface area contributed by atoms with E-state index in [4.69, 9.17) is 0 Å². The molecule has 3 aromatic rings. The van der Waals surface area contributed by atoms with Gasteiger partial charge in [-0.25, -0.2) is 17.7 Å². The lowest BCUT2D eigenvalue weighted by Gasteiger charge is -2.13. The first-order chi connectivity index (χ1) is 12.3. The van der Waals surface area contributed by atoms with Gasteiger partial charge in [0.1, 0.15) is 0 Å². The van der Waals surface area contributed by atoms with Gasteiger partial charge in [0.05, 0.1) is 16.3 Å². The van der Waals surface area contributed by atoms with Gasteiger partial charge in [0, 0.05) is 36.6 Å². The molecule has 1 heterocycles. The highest BCUT2D eigenvalue weighted by molar-refractivity contribution is 9.10. The molecule has 0 saturated carbocycles. The van der Waals surface area contributed by atoms with Crippen LogP contribution < -0.4 is 4.80 Å². The van der Waals surface area contributed by atoms with Crippen LogP contribution in [0.5, 0.6) is 0 Å². The minimum atomic E-state index is -3.50. The van der Waals surface area contributed by atoms with E-state index < -0.39 is 10.0 Å². The molecule has 0 spiro atoms. The number of thiazole rings is 1. The van der Waals surface area contributed by atoms with Crippen LogP contribution in [0.4, 0.5) is 5.69 Å². The molecule has 2 aromatic carbocycles. The van der Waals surface area contributed by atoms with Gasteiger partial charge in [-0.05, 0) is 30.3 Å². The first-order valence-electron chi connectivity index (χ1n) is 7.77. The topological polar surface area (TPSA) is 54.7 Å². The van der Waals surface area contributed by atoms with Crippen molar-refractivity contribution >= 4 is 43.0 Å². The van der Waals surface area contributed by atoms with E-state index in [9.17, 15) is 8.42 Å². The van der Waals surface area contributed by atoms with Crippen molar-refractivity contribution in [1.82, 2.24) is 8.87 Å². The van der Waals surface area contributed by atoms with Gasteiger partial charge in [0.2, 0.25) is 10.0 Å². The average molecular weight is 452 g/mol. The summed E-state index contributed by atoms with van der Waals surface area (Å²) in [6.45, 7) is 0. The Bertz CT molecular complexity index is 1100. The Hall–Kier alpha value is -1.74. The molecule has 0 saturated heterocycles. The number of rotatable bonds is 4.